The number of sulfonamides is 1. The third kappa shape index (κ3) is 6.10. The van der Waals surface area contributed by atoms with E-state index < -0.39 is 10.0 Å². The minimum atomic E-state index is -3.85. The average molecular weight is 492 g/mol. The number of aryl methyl sites for hydroxylation is 3. The van der Waals surface area contributed by atoms with Crippen molar-refractivity contribution in [1.82, 2.24) is 10.2 Å². The van der Waals surface area contributed by atoms with Gasteiger partial charge >= 0.3 is 0 Å². The second-order valence-corrected chi connectivity index (χ2v) is 11.0. The number of anilines is 1. The Morgan fingerprint density at radius 3 is 2.26 bits per heavy atom. The van der Waals surface area contributed by atoms with Crippen LogP contribution in [0.4, 0.5) is 5.69 Å². The van der Waals surface area contributed by atoms with Crippen LogP contribution in [0.5, 0.6) is 0 Å². The zero-order valence-corrected chi connectivity index (χ0v) is 21.4. The molecule has 1 aliphatic rings. The van der Waals surface area contributed by atoms with Gasteiger partial charge in [0.25, 0.3) is 15.9 Å². The predicted octanol–water partition coefficient (Wildman–Crippen LogP) is 4.94. The van der Waals surface area contributed by atoms with Crippen molar-refractivity contribution >= 4 is 21.6 Å². The van der Waals surface area contributed by atoms with Crippen LogP contribution in [0.2, 0.25) is 0 Å². The van der Waals surface area contributed by atoms with Gasteiger partial charge < -0.3 is 5.32 Å². The van der Waals surface area contributed by atoms with Crippen molar-refractivity contribution < 1.29 is 13.2 Å². The maximum Gasteiger partial charge on any atom is 0.262 e. The lowest BCUT2D eigenvalue weighted by molar-refractivity contribution is 0.0950. The second kappa shape index (κ2) is 10.6. The Balaban J connectivity index is 1.48. The number of benzene rings is 3. The Bertz CT molecular complexity index is 1330. The highest BCUT2D eigenvalue weighted by Crippen LogP contribution is 2.23. The predicted molar refractivity (Wildman–Crippen MR) is 140 cm³/mol. The van der Waals surface area contributed by atoms with E-state index in [1.165, 1.54) is 24.5 Å². The van der Waals surface area contributed by atoms with Gasteiger partial charge in [0.1, 0.15) is 0 Å². The van der Waals surface area contributed by atoms with Gasteiger partial charge in [0, 0.05) is 24.3 Å². The molecular weight excluding hydrogens is 458 g/mol. The van der Waals surface area contributed by atoms with Crippen molar-refractivity contribution in [2.75, 3.05) is 17.8 Å². The number of carbonyl (C=O) groups is 1. The van der Waals surface area contributed by atoms with Crippen LogP contribution in [0.15, 0.2) is 65.6 Å². The molecule has 1 amide bonds. The van der Waals surface area contributed by atoms with Gasteiger partial charge in [-0.2, -0.15) is 0 Å². The number of nitrogens with zero attached hydrogens (tertiary/aromatic N) is 1. The third-order valence-corrected chi connectivity index (χ3v) is 8.17. The standard InChI is InChI=1S/C28H33N3O3S/c1-20-11-13-26(16-22(20)3)30-35(33,34)27-17-23(12-10-21(27)2)28(32)29-18-24-8-4-5-9-25(24)19-31-14-6-7-15-31/h4-5,8-13,16-17,30H,6-7,14-15,18-19H2,1-3H3,(H,29,32). The Labute approximate surface area is 208 Å². The number of amides is 1. The van der Waals surface area contributed by atoms with E-state index in [-0.39, 0.29) is 10.8 Å². The molecule has 0 bridgehead atoms. The number of rotatable bonds is 8. The molecule has 1 saturated heterocycles. The lowest BCUT2D eigenvalue weighted by atomic mass is 10.1. The summed E-state index contributed by atoms with van der Waals surface area (Å²) in [6.45, 7) is 9.13. The molecule has 1 aliphatic heterocycles. The van der Waals surface area contributed by atoms with Crippen LogP contribution in [-0.2, 0) is 23.1 Å². The summed E-state index contributed by atoms with van der Waals surface area (Å²) in [6.07, 6.45) is 2.46. The molecule has 3 aromatic rings. The van der Waals surface area contributed by atoms with Gasteiger partial charge in [-0.05, 0) is 98.8 Å². The molecule has 1 heterocycles. The van der Waals surface area contributed by atoms with Crippen LogP contribution in [0.25, 0.3) is 0 Å². The van der Waals surface area contributed by atoms with Crippen LogP contribution in [-0.4, -0.2) is 32.3 Å². The molecule has 6 nitrogen and oxygen atoms in total. The molecule has 0 aromatic heterocycles. The maximum absolute atomic E-state index is 13.1. The first-order valence-electron chi connectivity index (χ1n) is 12.0. The van der Waals surface area contributed by atoms with Gasteiger partial charge in [-0.15, -0.1) is 0 Å². The van der Waals surface area contributed by atoms with E-state index in [2.05, 4.69) is 21.0 Å². The van der Waals surface area contributed by atoms with Gasteiger partial charge in [-0.1, -0.05) is 36.4 Å². The minimum absolute atomic E-state index is 0.0952. The lowest BCUT2D eigenvalue weighted by Crippen LogP contribution is -2.25. The van der Waals surface area contributed by atoms with E-state index in [9.17, 15) is 13.2 Å². The first kappa shape index (κ1) is 24.9. The van der Waals surface area contributed by atoms with Gasteiger partial charge in [-0.3, -0.25) is 14.4 Å². The Morgan fingerprint density at radius 1 is 0.857 bits per heavy atom. The van der Waals surface area contributed by atoms with Crippen LogP contribution < -0.4 is 10.0 Å². The molecule has 0 saturated carbocycles. The quantitative estimate of drug-likeness (QED) is 0.468. The number of nitrogens with one attached hydrogen (secondary N) is 2. The topological polar surface area (TPSA) is 78.5 Å². The summed E-state index contributed by atoms with van der Waals surface area (Å²) >= 11 is 0. The van der Waals surface area contributed by atoms with Crippen LogP contribution in [0, 0.1) is 20.8 Å². The summed E-state index contributed by atoms with van der Waals surface area (Å²) in [7, 11) is -3.85. The largest absolute Gasteiger partial charge is 0.348 e. The van der Waals surface area contributed by atoms with Gasteiger partial charge in [0.05, 0.1) is 4.90 Å². The molecule has 0 atom stereocenters. The molecule has 7 heteroatoms. The molecule has 1 fully saturated rings. The monoisotopic (exact) mass is 491 g/mol. The van der Waals surface area contributed by atoms with Crippen LogP contribution in [0.3, 0.4) is 0 Å². The fourth-order valence-corrected chi connectivity index (χ4v) is 5.71. The first-order chi connectivity index (χ1) is 16.7. The van der Waals surface area contributed by atoms with Crippen molar-refractivity contribution in [3.8, 4) is 0 Å². The van der Waals surface area contributed by atoms with Gasteiger partial charge in [0.2, 0.25) is 0 Å². The maximum atomic E-state index is 13.1. The highest BCUT2D eigenvalue weighted by atomic mass is 32.2. The molecule has 0 aliphatic carbocycles. The van der Waals surface area contributed by atoms with Crippen LogP contribution >= 0.6 is 0 Å². The minimum Gasteiger partial charge on any atom is -0.348 e. The Hall–Kier alpha value is -3.16. The molecule has 4 rings (SSSR count). The zero-order valence-electron chi connectivity index (χ0n) is 20.6. The van der Waals surface area contributed by atoms with Crippen molar-refractivity contribution in [1.29, 1.82) is 0 Å². The summed E-state index contributed by atoms with van der Waals surface area (Å²) in [4.78, 5) is 15.5. The molecule has 3 aromatic carbocycles. The van der Waals surface area contributed by atoms with E-state index in [1.54, 1.807) is 31.2 Å². The number of hydrogen-bond donors (Lipinski definition) is 2. The highest BCUT2D eigenvalue weighted by molar-refractivity contribution is 7.92. The molecule has 35 heavy (non-hydrogen) atoms. The third-order valence-electron chi connectivity index (χ3n) is 6.65. The highest BCUT2D eigenvalue weighted by Gasteiger charge is 2.20. The van der Waals surface area contributed by atoms with Crippen molar-refractivity contribution in [3.63, 3.8) is 0 Å². The smallest absolute Gasteiger partial charge is 0.262 e. The summed E-state index contributed by atoms with van der Waals surface area (Å²) in [6, 6.07) is 18.3. The molecular formula is C28H33N3O3S. The van der Waals surface area contributed by atoms with E-state index in [0.717, 1.165) is 36.3 Å². The summed E-state index contributed by atoms with van der Waals surface area (Å²) in [5, 5.41) is 2.97. The van der Waals surface area contributed by atoms with Crippen LogP contribution in [0.1, 0.15) is 51.0 Å². The van der Waals surface area contributed by atoms with Crippen molar-refractivity contribution in [3.05, 3.63) is 94.0 Å². The van der Waals surface area contributed by atoms with E-state index in [1.807, 2.05) is 38.1 Å². The number of likely N-dealkylation sites (tertiary alicyclic amines) is 1. The second-order valence-electron chi connectivity index (χ2n) is 9.32. The Morgan fingerprint density at radius 2 is 1.54 bits per heavy atom. The molecule has 0 spiro atoms. The van der Waals surface area contributed by atoms with E-state index in [4.69, 9.17) is 0 Å². The number of hydrogen-bond acceptors (Lipinski definition) is 4. The summed E-state index contributed by atoms with van der Waals surface area (Å²) < 4.78 is 28.9. The van der Waals surface area contributed by atoms with Gasteiger partial charge in [-0.25, -0.2) is 8.42 Å². The molecule has 184 valence electrons. The van der Waals surface area contributed by atoms with Crippen molar-refractivity contribution in [2.24, 2.45) is 0 Å². The lowest BCUT2D eigenvalue weighted by Gasteiger charge is -2.18. The SMILES string of the molecule is Cc1ccc(NS(=O)(=O)c2cc(C(=O)NCc3ccccc3CN3CCCC3)ccc2C)cc1C. The zero-order chi connectivity index (χ0) is 25.0. The fourth-order valence-electron chi connectivity index (χ4n) is 4.39. The summed E-state index contributed by atoms with van der Waals surface area (Å²) in [5.41, 5.74) is 5.76. The molecule has 0 radical (unpaired) electrons. The van der Waals surface area contributed by atoms with Gasteiger partial charge in [0.15, 0.2) is 0 Å². The molecule has 0 unspecified atom stereocenters. The van der Waals surface area contributed by atoms with E-state index in [0.29, 0.717) is 23.4 Å². The Kier molecular flexibility index (Phi) is 7.57. The van der Waals surface area contributed by atoms with E-state index >= 15 is 0 Å². The fraction of sp³-hybridized carbons (Fsp3) is 0.321. The normalized spacial score (nSPS) is 14.1. The van der Waals surface area contributed by atoms with Crippen molar-refractivity contribution in [2.45, 2.75) is 51.6 Å². The number of carbonyl (C=O) groups excluding carboxylic acids is 1. The first-order valence-corrected chi connectivity index (χ1v) is 13.5. The molecule has 2 N–H and O–H groups in total. The average Bonchev–Trinajstić information content (AvgIpc) is 3.34. The summed E-state index contributed by atoms with van der Waals surface area (Å²) in [5.74, 6) is -0.302.